The van der Waals surface area contributed by atoms with Crippen LogP contribution in [-0.2, 0) is 5.60 Å². The van der Waals surface area contributed by atoms with Crippen LogP contribution in [0, 0.1) is 11.3 Å². The molecular formula is C20H26O. The highest BCUT2D eigenvalue weighted by Crippen LogP contribution is 2.45. The van der Waals surface area contributed by atoms with Gasteiger partial charge in [-0.3, -0.25) is 0 Å². The lowest BCUT2D eigenvalue weighted by Gasteiger charge is -2.41. The molecule has 21 heavy (non-hydrogen) atoms. The lowest BCUT2D eigenvalue weighted by atomic mass is 9.67. The molecule has 1 fully saturated rings. The molecule has 0 spiro atoms. The van der Waals surface area contributed by atoms with Crippen molar-refractivity contribution in [2.24, 2.45) is 11.3 Å². The van der Waals surface area contributed by atoms with Gasteiger partial charge in [-0.1, -0.05) is 57.2 Å². The van der Waals surface area contributed by atoms with Gasteiger partial charge in [-0.25, -0.2) is 0 Å². The fourth-order valence-electron chi connectivity index (χ4n) is 3.73. The second-order valence-corrected chi connectivity index (χ2v) is 7.73. The van der Waals surface area contributed by atoms with Crippen LogP contribution in [-0.4, -0.2) is 5.11 Å². The lowest BCUT2D eigenvalue weighted by Crippen LogP contribution is -2.35. The third kappa shape index (κ3) is 2.85. The van der Waals surface area contributed by atoms with E-state index in [2.05, 4.69) is 63.2 Å². The Morgan fingerprint density at radius 3 is 2.19 bits per heavy atom. The van der Waals surface area contributed by atoms with Gasteiger partial charge in [0, 0.05) is 0 Å². The lowest BCUT2D eigenvalue weighted by molar-refractivity contribution is -0.0297. The summed E-state index contributed by atoms with van der Waals surface area (Å²) in [7, 11) is 0. The maximum Gasteiger partial charge on any atom is 0.0897 e. The maximum atomic E-state index is 11.1. The number of hydrogen-bond acceptors (Lipinski definition) is 1. The summed E-state index contributed by atoms with van der Waals surface area (Å²) in [5.41, 5.74) is 0.810. The minimum absolute atomic E-state index is 0.352. The highest BCUT2D eigenvalue weighted by molar-refractivity contribution is 5.83. The molecular weight excluding hydrogens is 256 g/mol. The minimum atomic E-state index is -0.633. The standard InChI is InChI=1S/C20H26O/c1-19(2,3)17-10-12-20(21,13-11-17)18-9-8-15-6-4-5-7-16(15)14-18/h4-9,14,17,21H,10-13H2,1-3H3. The van der Waals surface area contributed by atoms with Crippen molar-refractivity contribution in [1.82, 2.24) is 0 Å². The van der Waals surface area contributed by atoms with Crippen LogP contribution in [0.4, 0.5) is 0 Å². The second kappa shape index (κ2) is 5.14. The van der Waals surface area contributed by atoms with Crippen molar-refractivity contribution in [3.63, 3.8) is 0 Å². The SMILES string of the molecule is CC(C)(C)C1CCC(O)(c2ccc3ccccc3c2)CC1. The predicted octanol–water partition coefficient (Wildman–Crippen LogP) is 5.26. The molecule has 0 unspecified atom stereocenters. The van der Waals surface area contributed by atoms with Gasteiger partial charge < -0.3 is 5.11 Å². The van der Waals surface area contributed by atoms with Crippen molar-refractivity contribution in [2.45, 2.75) is 52.1 Å². The van der Waals surface area contributed by atoms with Crippen molar-refractivity contribution >= 4 is 10.8 Å². The van der Waals surface area contributed by atoms with Crippen LogP contribution in [0.2, 0.25) is 0 Å². The third-order valence-corrected chi connectivity index (χ3v) is 5.32. The van der Waals surface area contributed by atoms with E-state index < -0.39 is 5.60 Å². The Bertz CT molecular complexity index is 628. The first-order chi connectivity index (χ1) is 9.88. The van der Waals surface area contributed by atoms with Gasteiger partial charge in [0.2, 0.25) is 0 Å². The summed E-state index contributed by atoms with van der Waals surface area (Å²) in [4.78, 5) is 0. The molecule has 0 heterocycles. The van der Waals surface area contributed by atoms with Crippen LogP contribution in [0.1, 0.15) is 52.0 Å². The largest absolute Gasteiger partial charge is 0.385 e. The van der Waals surface area contributed by atoms with E-state index >= 15 is 0 Å². The molecule has 0 bridgehead atoms. The van der Waals surface area contributed by atoms with E-state index in [1.165, 1.54) is 10.8 Å². The van der Waals surface area contributed by atoms with Gasteiger partial charge in [0.1, 0.15) is 0 Å². The summed E-state index contributed by atoms with van der Waals surface area (Å²) in [5, 5.41) is 13.6. The monoisotopic (exact) mass is 282 g/mol. The zero-order valence-corrected chi connectivity index (χ0v) is 13.4. The summed E-state index contributed by atoms with van der Waals surface area (Å²) in [6.45, 7) is 6.95. The van der Waals surface area contributed by atoms with Gasteiger partial charge in [-0.2, -0.15) is 0 Å². The summed E-state index contributed by atoms with van der Waals surface area (Å²) < 4.78 is 0. The molecule has 1 N–H and O–H groups in total. The van der Waals surface area contributed by atoms with Crippen LogP contribution in [0.25, 0.3) is 10.8 Å². The van der Waals surface area contributed by atoms with Crippen molar-refractivity contribution in [2.75, 3.05) is 0 Å². The molecule has 2 aromatic rings. The normalized spacial score (nSPS) is 27.0. The maximum absolute atomic E-state index is 11.1. The molecule has 1 heteroatoms. The van der Waals surface area contributed by atoms with Gasteiger partial charge in [0.25, 0.3) is 0 Å². The summed E-state index contributed by atoms with van der Waals surface area (Å²) in [6, 6.07) is 14.8. The Kier molecular flexibility index (Phi) is 3.57. The first kappa shape index (κ1) is 14.6. The molecule has 1 aliphatic rings. The Hall–Kier alpha value is -1.34. The van der Waals surface area contributed by atoms with Crippen molar-refractivity contribution < 1.29 is 5.11 Å². The van der Waals surface area contributed by atoms with Crippen LogP contribution >= 0.6 is 0 Å². The van der Waals surface area contributed by atoms with E-state index in [0.717, 1.165) is 37.2 Å². The van der Waals surface area contributed by atoms with Crippen LogP contribution in [0.5, 0.6) is 0 Å². The minimum Gasteiger partial charge on any atom is -0.385 e. The molecule has 3 rings (SSSR count). The molecule has 0 atom stereocenters. The quantitative estimate of drug-likeness (QED) is 0.756. The molecule has 1 aliphatic carbocycles. The molecule has 0 aliphatic heterocycles. The number of fused-ring (bicyclic) bond motifs is 1. The number of hydrogen-bond donors (Lipinski definition) is 1. The van der Waals surface area contributed by atoms with E-state index in [1.807, 2.05) is 0 Å². The Morgan fingerprint density at radius 1 is 0.952 bits per heavy atom. The molecule has 112 valence electrons. The molecule has 1 nitrogen and oxygen atoms in total. The summed E-state index contributed by atoms with van der Waals surface area (Å²) in [6.07, 6.45) is 4.00. The van der Waals surface area contributed by atoms with Crippen LogP contribution in [0.3, 0.4) is 0 Å². The van der Waals surface area contributed by atoms with Crippen molar-refractivity contribution in [1.29, 1.82) is 0 Å². The molecule has 2 aromatic carbocycles. The number of aliphatic hydroxyl groups is 1. The first-order valence-electron chi connectivity index (χ1n) is 8.10. The smallest absolute Gasteiger partial charge is 0.0897 e. The molecule has 0 aromatic heterocycles. The number of rotatable bonds is 1. The average molecular weight is 282 g/mol. The number of benzene rings is 2. The van der Waals surface area contributed by atoms with Crippen molar-refractivity contribution in [3.8, 4) is 0 Å². The highest BCUT2D eigenvalue weighted by atomic mass is 16.3. The van der Waals surface area contributed by atoms with Gasteiger partial charge in [-0.15, -0.1) is 0 Å². The predicted molar refractivity (Wildman–Crippen MR) is 89.3 cm³/mol. The summed E-state index contributed by atoms with van der Waals surface area (Å²) >= 11 is 0. The Balaban J connectivity index is 1.85. The molecule has 0 radical (unpaired) electrons. The topological polar surface area (TPSA) is 20.2 Å². The van der Waals surface area contributed by atoms with Gasteiger partial charge >= 0.3 is 0 Å². The van der Waals surface area contributed by atoms with Gasteiger partial charge in [0.05, 0.1) is 5.60 Å². The molecule has 0 amide bonds. The Morgan fingerprint density at radius 2 is 1.57 bits per heavy atom. The molecule has 1 saturated carbocycles. The average Bonchev–Trinajstić information content (AvgIpc) is 2.46. The van der Waals surface area contributed by atoms with Crippen LogP contribution in [0.15, 0.2) is 42.5 Å². The van der Waals surface area contributed by atoms with E-state index in [4.69, 9.17) is 0 Å². The van der Waals surface area contributed by atoms with Crippen molar-refractivity contribution in [3.05, 3.63) is 48.0 Å². The van der Waals surface area contributed by atoms with E-state index in [9.17, 15) is 5.11 Å². The van der Waals surface area contributed by atoms with Crippen LogP contribution < -0.4 is 0 Å². The fourth-order valence-corrected chi connectivity index (χ4v) is 3.73. The van der Waals surface area contributed by atoms with E-state index in [-0.39, 0.29) is 0 Å². The van der Waals surface area contributed by atoms with Gasteiger partial charge in [0.15, 0.2) is 0 Å². The fraction of sp³-hybridized carbons (Fsp3) is 0.500. The molecule has 0 saturated heterocycles. The van der Waals surface area contributed by atoms with Gasteiger partial charge in [-0.05, 0) is 59.4 Å². The van der Waals surface area contributed by atoms with E-state index in [0.29, 0.717) is 5.41 Å². The van der Waals surface area contributed by atoms with E-state index in [1.54, 1.807) is 0 Å². The zero-order valence-electron chi connectivity index (χ0n) is 13.4. The first-order valence-corrected chi connectivity index (χ1v) is 8.10. The Labute approximate surface area is 128 Å². The zero-order chi connectivity index (χ0) is 15.1. The highest BCUT2D eigenvalue weighted by Gasteiger charge is 2.38. The third-order valence-electron chi connectivity index (χ3n) is 5.32. The summed E-state index contributed by atoms with van der Waals surface area (Å²) in [5.74, 6) is 0.721. The second-order valence-electron chi connectivity index (χ2n) is 7.73.